The van der Waals surface area contributed by atoms with E-state index in [4.69, 9.17) is 9.47 Å². The first-order chi connectivity index (χ1) is 24.0. The van der Waals surface area contributed by atoms with E-state index in [9.17, 15) is 24.9 Å². The molecule has 2 aromatic carbocycles. The first kappa shape index (κ1) is 40.5. The maximum absolute atomic E-state index is 13.5. The SMILES string of the molecule is CCCc1cc(OC)c(C2OC(CO)CC(O)C2O)cc1Cc1ccc(C=CC(C)(C)C(=O)NC(C)(C)C(=O)N2CCC(N(C)C)CC2)cc1C. The summed E-state index contributed by atoms with van der Waals surface area (Å²) in [6.07, 6.45) is 4.68. The number of methoxy groups -OCH3 is 1. The lowest BCUT2D eigenvalue weighted by Crippen LogP contribution is -2.59. The van der Waals surface area contributed by atoms with Crippen molar-refractivity contribution in [1.29, 1.82) is 0 Å². The molecule has 0 saturated carbocycles. The maximum atomic E-state index is 13.5. The predicted octanol–water partition coefficient (Wildman–Crippen LogP) is 4.58. The molecule has 2 aliphatic heterocycles. The van der Waals surface area contributed by atoms with Crippen LogP contribution in [-0.4, -0.2) is 108 Å². The quantitative estimate of drug-likeness (QED) is 0.238. The first-order valence-electron chi connectivity index (χ1n) is 18.4. The van der Waals surface area contributed by atoms with Gasteiger partial charge in [-0.05, 0) is 114 Å². The van der Waals surface area contributed by atoms with Crippen LogP contribution in [0.4, 0.5) is 0 Å². The number of amides is 2. The van der Waals surface area contributed by atoms with Gasteiger partial charge in [-0.15, -0.1) is 0 Å². The van der Waals surface area contributed by atoms with E-state index in [-0.39, 0.29) is 24.8 Å². The number of piperidine rings is 1. The van der Waals surface area contributed by atoms with Crippen molar-refractivity contribution < 1.29 is 34.4 Å². The number of likely N-dealkylation sites (tertiary alicyclic amines) is 1. The molecule has 4 atom stereocenters. The smallest absolute Gasteiger partial charge is 0.247 e. The Hall–Kier alpha value is -3.28. The van der Waals surface area contributed by atoms with E-state index in [1.54, 1.807) is 21.0 Å². The van der Waals surface area contributed by atoms with Crippen molar-refractivity contribution in [3.8, 4) is 5.75 Å². The van der Waals surface area contributed by atoms with Gasteiger partial charge in [0.25, 0.3) is 0 Å². The standard InChI is InChI=1S/C41H61N3O7/c1-10-11-29-23-35(50-9)33(37-36(47)34(46)24-32(25-45)51-37)22-30(29)21-28-13-12-27(20-26(28)2)14-17-40(3,4)38(48)42-41(5,6)39(49)44-18-15-31(16-19-44)43(7)8/h12-14,17,20,22-23,31-32,34,36-37,45-47H,10-11,15-16,18-19,21,24-25H2,1-9H3,(H,42,48). The van der Waals surface area contributed by atoms with Gasteiger partial charge in [-0.2, -0.15) is 0 Å². The van der Waals surface area contributed by atoms with Gasteiger partial charge in [-0.25, -0.2) is 0 Å². The molecule has 51 heavy (non-hydrogen) atoms. The Bertz CT molecular complexity index is 1540. The summed E-state index contributed by atoms with van der Waals surface area (Å²) in [6.45, 7) is 12.6. The average molecular weight is 708 g/mol. The van der Waals surface area contributed by atoms with Crippen molar-refractivity contribution in [2.75, 3.05) is 40.9 Å². The van der Waals surface area contributed by atoms with Crippen LogP contribution in [0.5, 0.6) is 5.75 Å². The number of aliphatic hydroxyl groups is 3. The first-order valence-corrected chi connectivity index (χ1v) is 18.4. The van der Waals surface area contributed by atoms with Crippen molar-refractivity contribution in [1.82, 2.24) is 15.1 Å². The molecule has 0 spiro atoms. The van der Waals surface area contributed by atoms with Gasteiger partial charge in [-0.1, -0.05) is 43.7 Å². The molecule has 4 rings (SSSR count). The van der Waals surface area contributed by atoms with Gasteiger partial charge < -0.3 is 39.9 Å². The maximum Gasteiger partial charge on any atom is 0.247 e. The van der Waals surface area contributed by atoms with E-state index >= 15 is 0 Å². The summed E-state index contributed by atoms with van der Waals surface area (Å²) in [5.74, 6) is 0.315. The molecule has 0 radical (unpaired) electrons. The van der Waals surface area contributed by atoms with Crippen LogP contribution in [0.2, 0.25) is 0 Å². The largest absolute Gasteiger partial charge is 0.496 e. The molecule has 2 fully saturated rings. The summed E-state index contributed by atoms with van der Waals surface area (Å²) in [4.78, 5) is 31.0. The molecule has 0 aliphatic carbocycles. The molecule has 4 unspecified atom stereocenters. The van der Waals surface area contributed by atoms with Crippen LogP contribution in [0.3, 0.4) is 0 Å². The van der Waals surface area contributed by atoms with E-state index in [0.29, 0.717) is 36.9 Å². The second-order valence-electron chi connectivity index (χ2n) is 15.8. The Morgan fingerprint density at radius 3 is 2.33 bits per heavy atom. The van der Waals surface area contributed by atoms with E-state index < -0.39 is 35.4 Å². The van der Waals surface area contributed by atoms with Crippen LogP contribution in [0.15, 0.2) is 36.4 Å². The zero-order valence-electron chi connectivity index (χ0n) is 32.2. The number of hydrogen-bond donors (Lipinski definition) is 4. The third-order valence-electron chi connectivity index (χ3n) is 10.6. The summed E-state index contributed by atoms with van der Waals surface area (Å²) in [6, 6.07) is 10.7. The molecule has 2 aliphatic rings. The number of nitrogens with one attached hydrogen (secondary N) is 1. The van der Waals surface area contributed by atoms with Crippen molar-refractivity contribution in [3.05, 3.63) is 69.8 Å². The van der Waals surface area contributed by atoms with Gasteiger partial charge in [-0.3, -0.25) is 9.59 Å². The van der Waals surface area contributed by atoms with Gasteiger partial charge in [0.05, 0.1) is 31.3 Å². The summed E-state index contributed by atoms with van der Waals surface area (Å²) in [5, 5.41) is 34.2. The van der Waals surface area contributed by atoms with Crippen molar-refractivity contribution in [2.24, 2.45) is 5.41 Å². The summed E-state index contributed by atoms with van der Waals surface area (Å²) in [5.41, 5.74) is 4.16. The minimum Gasteiger partial charge on any atom is -0.496 e. The van der Waals surface area contributed by atoms with Gasteiger partial charge in [0.1, 0.15) is 23.5 Å². The van der Waals surface area contributed by atoms with Crippen molar-refractivity contribution >= 4 is 17.9 Å². The Balaban J connectivity index is 1.49. The van der Waals surface area contributed by atoms with Crippen molar-refractivity contribution in [2.45, 2.75) is 116 Å². The fourth-order valence-corrected chi connectivity index (χ4v) is 7.17. The third-order valence-corrected chi connectivity index (χ3v) is 10.6. The molecule has 4 N–H and O–H groups in total. The van der Waals surface area contributed by atoms with E-state index in [1.807, 2.05) is 49.1 Å². The molecule has 2 aromatic rings. The summed E-state index contributed by atoms with van der Waals surface area (Å²) < 4.78 is 11.8. The molecule has 10 nitrogen and oxygen atoms in total. The molecule has 2 saturated heterocycles. The minimum absolute atomic E-state index is 0.0560. The number of carbonyl (C=O) groups is 2. The molecular formula is C41H61N3O7. The molecule has 0 aromatic heterocycles. The molecule has 282 valence electrons. The molecule has 2 amide bonds. The minimum atomic E-state index is -1.15. The van der Waals surface area contributed by atoms with Crippen LogP contribution in [0.25, 0.3) is 6.08 Å². The summed E-state index contributed by atoms with van der Waals surface area (Å²) >= 11 is 0. The number of aryl methyl sites for hydroxylation is 2. The van der Waals surface area contributed by atoms with Crippen LogP contribution < -0.4 is 10.1 Å². The highest BCUT2D eigenvalue weighted by molar-refractivity contribution is 5.93. The van der Waals surface area contributed by atoms with Gasteiger partial charge in [0, 0.05) is 31.1 Å². The number of benzene rings is 2. The zero-order chi connectivity index (χ0) is 37.7. The molecule has 2 heterocycles. The van der Waals surface area contributed by atoms with E-state index in [1.165, 1.54) is 0 Å². The van der Waals surface area contributed by atoms with Crippen molar-refractivity contribution in [3.63, 3.8) is 0 Å². The lowest BCUT2D eigenvalue weighted by Gasteiger charge is -2.39. The lowest BCUT2D eigenvalue weighted by molar-refractivity contribution is -0.180. The second kappa shape index (κ2) is 17.0. The lowest BCUT2D eigenvalue weighted by atomic mass is 9.87. The number of nitrogens with zero attached hydrogens (tertiary/aromatic N) is 2. The number of rotatable bonds is 13. The van der Waals surface area contributed by atoms with Gasteiger partial charge >= 0.3 is 0 Å². The topological polar surface area (TPSA) is 132 Å². The molecule has 0 bridgehead atoms. The van der Waals surface area contributed by atoms with Crippen LogP contribution >= 0.6 is 0 Å². The number of aliphatic hydroxyl groups excluding tert-OH is 3. The predicted molar refractivity (Wildman–Crippen MR) is 201 cm³/mol. The highest BCUT2D eigenvalue weighted by Crippen LogP contribution is 2.39. The summed E-state index contributed by atoms with van der Waals surface area (Å²) in [7, 11) is 5.73. The Morgan fingerprint density at radius 2 is 1.75 bits per heavy atom. The molecular weight excluding hydrogens is 646 g/mol. The number of ether oxygens (including phenoxy) is 2. The second-order valence-corrected chi connectivity index (χ2v) is 15.8. The normalized spacial score (nSPS) is 22.1. The Labute approximate surface area is 304 Å². The number of hydrogen-bond acceptors (Lipinski definition) is 8. The monoisotopic (exact) mass is 707 g/mol. The molecule has 10 heteroatoms. The fraction of sp³-hybridized carbons (Fsp3) is 0.610. The zero-order valence-corrected chi connectivity index (χ0v) is 32.2. The number of carbonyl (C=O) groups excluding carboxylic acids is 2. The van der Waals surface area contributed by atoms with Crippen LogP contribution in [-0.2, 0) is 27.2 Å². The highest BCUT2D eigenvalue weighted by Gasteiger charge is 2.40. The van der Waals surface area contributed by atoms with Gasteiger partial charge in [0.15, 0.2) is 0 Å². The van der Waals surface area contributed by atoms with E-state index in [0.717, 1.165) is 53.5 Å². The Morgan fingerprint density at radius 1 is 1.06 bits per heavy atom. The Kier molecular flexibility index (Phi) is 13.5. The third kappa shape index (κ3) is 9.78. The van der Waals surface area contributed by atoms with Crippen LogP contribution in [0, 0.1) is 12.3 Å². The highest BCUT2D eigenvalue weighted by atomic mass is 16.5. The van der Waals surface area contributed by atoms with Crippen LogP contribution in [0.1, 0.15) is 99.8 Å². The van der Waals surface area contributed by atoms with E-state index in [2.05, 4.69) is 50.3 Å². The van der Waals surface area contributed by atoms with Gasteiger partial charge in [0.2, 0.25) is 11.8 Å². The average Bonchev–Trinajstić information content (AvgIpc) is 3.09. The fourth-order valence-electron chi connectivity index (χ4n) is 7.17.